The van der Waals surface area contributed by atoms with Crippen LogP contribution in [0.1, 0.15) is 25.3 Å². The first-order chi connectivity index (χ1) is 7.09. The number of hydrogen-bond donors (Lipinski definition) is 1. The maximum absolute atomic E-state index is 11.1. The number of nitrogens with one attached hydrogen (secondary N) is 1. The number of amides is 2. The lowest BCUT2D eigenvalue weighted by atomic mass is 9.82. The number of rotatable bonds is 1. The predicted octanol–water partition coefficient (Wildman–Crippen LogP) is 2.34. The Balaban J connectivity index is 2.37. The van der Waals surface area contributed by atoms with Crippen molar-refractivity contribution in [3.05, 3.63) is 35.9 Å². The summed E-state index contributed by atoms with van der Waals surface area (Å²) in [4.78, 5) is 15.0. The van der Waals surface area contributed by atoms with E-state index < -0.39 is 0 Å². The van der Waals surface area contributed by atoms with Crippen LogP contribution in [0.25, 0.3) is 0 Å². The normalized spacial score (nSPS) is 23.6. The predicted molar refractivity (Wildman–Crippen MR) is 60.3 cm³/mol. The topological polar surface area (TPSA) is 41.5 Å². The Morgan fingerprint density at radius 3 is 2.53 bits per heavy atom. The average Bonchev–Trinajstić information content (AvgIpc) is 2.17. The van der Waals surface area contributed by atoms with E-state index in [0.717, 1.165) is 0 Å². The van der Waals surface area contributed by atoms with Crippen LogP contribution in [0, 0.1) is 0 Å². The van der Waals surface area contributed by atoms with Crippen molar-refractivity contribution in [3.8, 4) is 0 Å². The van der Waals surface area contributed by atoms with Crippen molar-refractivity contribution < 1.29 is 4.79 Å². The van der Waals surface area contributed by atoms with Gasteiger partial charge in [0.1, 0.15) is 0 Å². The third kappa shape index (κ3) is 1.91. The van der Waals surface area contributed by atoms with Crippen LogP contribution >= 0.6 is 0 Å². The summed E-state index contributed by atoms with van der Waals surface area (Å²) < 4.78 is 0. The molecule has 1 heterocycles. The largest absolute Gasteiger partial charge is 0.341 e. The lowest BCUT2D eigenvalue weighted by molar-refractivity contribution is 0.234. The van der Waals surface area contributed by atoms with Gasteiger partial charge in [0.25, 0.3) is 0 Å². The molecule has 1 aromatic carbocycles. The molecule has 1 aliphatic heterocycles. The van der Waals surface area contributed by atoms with Gasteiger partial charge in [-0.3, -0.25) is 0 Å². The zero-order chi connectivity index (χ0) is 10.9. The zero-order valence-electron chi connectivity index (χ0n) is 8.90. The molecular formula is C12H14N2O. The van der Waals surface area contributed by atoms with E-state index in [4.69, 9.17) is 0 Å². The summed E-state index contributed by atoms with van der Waals surface area (Å²) in [5, 5.41) is 2.87. The number of benzene rings is 1. The van der Waals surface area contributed by atoms with Crippen molar-refractivity contribution >= 4 is 12.2 Å². The van der Waals surface area contributed by atoms with Gasteiger partial charge >= 0.3 is 6.03 Å². The molecule has 0 bridgehead atoms. The average molecular weight is 202 g/mol. The fourth-order valence-corrected chi connectivity index (χ4v) is 1.88. The van der Waals surface area contributed by atoms with Crippen LogP contribution < -0.4 is 5.32 Å². The molecule has 0 radical (unpaired) electrons. The fourth-order valence-electron chi connectivity index (χ4n) is 1.88. The molecule has 2 amide bonds. The molecule has 2 rings (SSSR count). The second-order valence-corrected chi connectivity index (χ2v) is 4.32. The molecule has 1 atom stereocenters. The van der Waals surface area contributed by atoms with Gasteiger partial charge in [0, 0.05) is 17.7 Å². The fraction of sp³-hybridized carbons (Fsp3) is 0.333. The highest BCUT2D eigenvalue weighted by Crippen LogP contribution is 2.28. The molecule has 15 heavy (non-hydrogen) atoms. The van der Waals surface area contributed by atoms with Gasteiger partial charge in [-0.15, -0.1) is 0 Å². The Labute approximate surface area is 89.2 Å². The monoisotopic (exact) mass is 202 g/mol. The van der Waals surface area contributed by atoms with Crippen LogP contribution in [0.5, 0.6) is 0 Å². The molecule has 1 aliphatic rings. The first-order valence-corrected chi connectivity index (χ1v) is 5.01. The standard InChI is InChI=1S/C12H14N2O/c1-12(2)10(8-13-11(15)14-12)9-6-4-3-5-7-9/h3-8,10H,1-2H3,(H,14,15)/t10-/m0/s1. The third-order valence-electron chi connectivity index (χ3n) is 2.71. The van der Waals surface area contributed by atoms with E-state index in [9.17, 15) is 4.79 Å². The molecule has 1 N–H and O–H groups in total. The van der Waals surface area contributed by atoms with Gasteiger partial charge in [0.05, 0.1) is 0 Å². The van der Waals surface area contributed by atoms with Gasteiger partial charge in [-0.2, -0.15) is 0 Å². The number of aliphatic imine (C=N–C) groups is 1. The van der Waals surface area contributed by atoms with Crippen LogP contribution in [-0.4, -0.2) is 17.8 Å². The summed E-state index contributed by atoms with van der Waals surface area (Å²) in [5.74, 6) is 0.136. The van der Waals surface area contributed by atoms with Crippen LogP contribution in [0.2, 0.25) is 0 Å². The summed E-state index contributed by atoms with van der Waals surface area (Å²) in [6, 6.07) is 9.82. The lowest BCUT2D eigenvalue weighted by Crippen LogP contribution is -2.50. The molecular weight excluding hydrogens is 188 g/mol. The molecule has 0 spiro atoms. The van der Waals surface area contributed by atoms with E-state index in [1.165, 1.54) is 5.56 Å². The van der Waals surface area contributed by atoms with Crippen molar-refractivity contribution in [2.75, 3.05) is 0 Å². The smallest absolute Gasteiger partial charge is 0.330 e. The van der Waals surface area contributed by atoms with Crippen molar-refractivity contribution in [1.82, 2.24) is 5.32 Å². The molecule has 1 aromatic rings. The van der Waals surface area contributed by atoms with E-state index in [-0.39, 0.29) is 17.5 Å². The van der Waals surface area contributed by atoms with E-state index in [2.05, 4.69) is 22.4 Å². The van der Waals surface area contributed by atoms with Crippen molar-refractivity contribution in [2.24, 2.45) is 4.99 Å². The number of nitrogens with zero attached hydrogens (tertiary/aromatic N) is 1. The molecule has 0 aliphatic carbocycles. The van der Waals surface area contributed by atoms with Gasteiger partial charge in [-0.1, -0.05) is 30.3 Å². The molecule has 0 unspecified atom stereocenters. The highest BCUT2D eigenvalue weighted by atomic mass is 16.2. The van der Waals surface area contributed by atoms with E-state index in [0.29, 0.717) is 0 Å². The highest BCUT2D eigenvalue weighted by molar-refractivity contribution is 5.90. The SMILES string of the molecule is CC1(C)NC(=O)N=C[C@H]1c1ccccc1. The zero-order valence-corrected chi connectivity index (χ0v) is 8.90. The molecule has 3 nitrogen and oxygen atoms in total. The van der Waals surface area contributed by atoms with E-state index in [1.54, 1.807) is 6.21 Å². The van der Waals surface area contributed by atoms with Crippen molar-refractivity contribution in [2.45, 2.75) is 25.3 Å². The van der Waals surface area contributed by atoms with Gasteiger partial charge in [-0.05, 0) is 19.4 Å². The Morgan fingerprint density at radius 1 is 1.27 bits per heavy atom. The van der Waals surface area contributed by atoms with Crippen LogP contribution in [0.15, 0.2) is 35.3 Å². The maximum Gasteiger partial charge on any atom is 0.341 e. The van der Waals surface area contributed by atoms with Crippen LogP contribution in [0.4, 0.5) is 4.79 Å². The van der Waals surface area contributed by atoms with E-state index in [1.807, 2.05) is 32.0 Å². The Bertz CT molecular complexity index is 395. The molecule has 0 saturated carbocycles. The van der Waals surface area contributed by atoms with Gasteiger partial charge in [0.15, 0.2) is 0 Å². The summed E-state index contributed by atoms with van der Waals surface area (Å²) in [7, 11) is 0. The lowest BCUT2D eigenvalue weighted by Gasteiger charge is -2.35. The number of carbonyl (C=O) groups excluding carboxylic acids is 1. The molecule has 0 saturated heterocycles. The first-order valence-electron chi connectivity index (χ1n) is 5.01. The molecule has 0 fully saturated rings. The second kappa shape index (κ2) is 3.50. The van der Waals surface area contributed by atoms with Gasteiger partial charge in [0.2, 0.25) is 0 Å². The van der Waals surface area contributed by atoms with Gasteiger partial charge in [-0.25, -0.2) is 9.79 Å². The van der Waals surface area contributed by atoms with Crippen molar-refractivity contribution in [1.29, 1.82) is 0 Å². The Kier molecular flexibility index (Phi) is 2.31. The minimum absolute atomic E-state index is 0.136. The van der Waals surface area contributed by atoms with E-state index >= 15 is 0 Å². The summed E-state index contributed by atoms with van der Waals surface area (Å²) in [5.41, 5.74) is 0.895. The molecule has 0 aromatic heterocycles. The highest BCUT2D eigenvalue weighted by Gasteiger charge is 2.33. The third-order valence-corrected chi connectivity index (χ3v) is 2.71. The van der Waals surface area contributed by atoms with Crippen LogP contribution in [0.3, 0.4) is 0 Å². The maximum atomic E-state index is 11.1. The molecule has 78 valence electrons. The first kappa shape index (κ1) is 9.90. The Hall–Kier alpha value is -1.64. The Morgan fingerprint density at radius 2 is 1.93 bits per heavy atom. The van der Waals surface area contributed by atoms with Gasteiger partial charge < -0.3 is 5.32 Å². The minimum atomic E-state index is -0.278. The minimum Gasteiger partial charge on any atom is -0.330 e. The van der Waals surface area contributed by atoms with Crippen LogP contribution in [-0.2, 0) is 0 Å². The summed E-state index contributed by atoms with van der Waals surface area (Å²) >= 11 is 0. The number of urea groups is 1. The van der Waals surface area contributed by atoms with Crippen molar-refractivity contribution in [3.63, 3.8) is 0 Å². The number of hydrogen-bond acceptors (Lipinski definition) is 1. The summed E-state index contributed by atoms with van der Waals surface area (Å²) in [6.45, 7) is 4.02. The second-order valence-electron chi connectivity index (χ2n) is 4.32. The quantitative estimate of drug-likeness (QED) is 0.746. The molecule has 3 heteroatoms. The summed E-state index contributed by atoms with van der Waals surface area (Å²) in [6.07, 6.45) is 1.73. The number of carbonyl (C=O) groups is 1.